The topological polar surface area (TPSA) is 67.8 Å². The summed E-state index contributed by atoms with van der Waals surface area (Å²) in [5, 5.41) is 0.755. The minimum Gasteiger partial charge on any atom is -0.444 e. The number of nitrogens with zero attached hydrogens (tertiary/aromatic N) is 4. The van der Waals surface area contributed by atoms with Crippen molar-refractivity contribution in [2.45, 2.75) is 58.0 Å². The molecule has 0 unspecified atom stereocenters. The number of ether oxygens (including phenoxy) is 2. The summed E-state index contributed by atoms with van der Waals surface area (Å²) < 4.78 is 27.6. The fourth-order valence-corrected chi connectivity index (χ4v) is 6.13. The van der Waals surface area contributed by atoms with E-state index in [0.717, 1.165) is 66.6 Å². The molecule has 35 heavy (non-hydrogen) atoms. The van der Waals surface area contributed by atoms with Crippen LogP contribution in [0.25, 0.3) is 10.9 Å². The van der Waals surface area contributed by atoms with Crippen molar-refractivity contribution in [3.8, 4) is 0 Å². The van der Waals surface area contributed by atoms with Crippen molar-refractivity contribution in [3.63, 3.8) is 0 Å². The van der Waals surface area contributed by atoms with E-state index in [1.807, 2.05) is 26.8 Å². The highest BCUT2D eigenvalue weighted by Crippen LogP contribution is 2.43. The summed E-state index contributed by atoms with van der Waals surface area (Å²) >= 11 is 5.54. The molecule has 2 aromatic rings. The van der Waals surface area contributed by atoms with E-state index in [1.165, 1.54) is 0 Å². The van der Waals surface area contributed by atoms with Crippen LogP contribution in [0.4, 0.5) is 15.0 Å². The van der Waals surface area contributed by atoms with Gasteiger partial charge in [-0.05, 0) is 91.0 Å². The number of carbonyl (C=O) groups is 1. The van der Waals surface area contributed by atoms with Gasteiger partial charge in [0.15, 0.2) is 5.82 Å². The number of amides is 1. The number of piperidine rings is 1. The normalized spacial score (nSPS) is 20.9. The summed E-state index contributed by atoms with van der Waals surface area (Å²) in [5.74, 6) is 1.38. The second kappa shape index (κ2) is 9.55. The van der Waals surface area contributed by atoms with Crippen molar-refractivity contribution in [3.05, 3.63) is 25.8 Å². The fourth-order valence-electron chi connectivity index (χ4n) is 5.28. The number of aromatic nitrogens is 2. The first-order chi connectivity index (χ1) is 16.6. The summed E-state index contributed by atoms with van der Waals surface area (Å²) in [4.78, 5) is 26.2. The Bertz CT molecular complexity index is 1140. The smallest absolute Gasteiger partial charge is 0.410 e. The lowest BCUT2D eigenvalue weighted by Crippen LogP contribution is -2.62. The average Bonchev–Trinajstić information content (AvgIpc) is 2.80. The second-order valence-electron chi connectivity index (χ2n) is 11.0. The quantitative estimate of drug-likeness (QED) is 0.297. The molecule has 1 amide bonds. The lowest BCUT2D eigenvalue weighted by Gasteiger charge is -2.53. The number of hydrogen-bond donors (Lipinski definition) is 0. The molecule has 1 aromatic carbocycles. The Kier molecular flexibility index (Phi) is 6.93. The maximum Gasteiger partial charge on any atom is 0.410 e. The van der Waals surface area contributed by atoms with Gasteiger partial charge in [0, 0.05) is 59.7 Å². The Morgan fingerprint density at radius 3 is 2.51 bits per heavy atom. The average molecular weight is 661 g/mol. The van der Waals surface area contributed by atoms with E-state index < -0.39 is 5.60 Å². The Balaban J connectivity index is 1.38. The van der Waals surface area contributed by atoms with Gasteiger partial charge in [-0.1, -0.05) is 0 Å². The summed E-state index contributed by atoms with van der Waals surface area (Å²) in [7, 11) is 0. The molecule has 0 atom stereocenters. The van der Waals surface area contributed by atoms with Gasteiger partial charge in [0.25, 0.3) is 0 Å². The van der Waals surface area contributed by atoms with Crippen LogP contribution >= 0.6 is 38.5 Å². The molecule has 5 rings (SSSR count). The first kappa shape index (κ1) is 25.4. The van der Waals surface area contributed by atoms with E-state index in [1.54, 1.807) is 4.90 Å². The summed E-state index contributed by atoms with van der Waals surface area (Å²) in [6.45, 7) is 10.1. The van der Waals surface area contributed by atoms with Crippen LogP contribution in [0.2, 0.25) is 0 Å². The summed E-state index contributed by atoms with van der Waals surface area (Å²) in [6, 6.07) is 1.98. The highest BCUT2D eigenvalue weighted by Gasteiger charge is 2.48. The standard InChI is InChI=1S/C25H31BrFIN4O3/c1-24(2,3)35-23(33)32-13-25(14-32)6-8-31(9-7-25)22-16-12-17(28)18(26)19(27)20(16)29-21(30-22)15-4-10-34-11-5-15/h12,15H,4-11,13-14H2,1-3H3. The van der Waals surface area contributed by atoms with Crippen LogP contribution in [-0.2, 0) is 9.47 Å². The Labute approximate surface area is 227 Å². The number of carbonyl (C=O) groups excluding carboxylic acids is 1. The minimum atomic E-state index is -0.485. The van der Waals surface area contributed by atoms with Gasteiger partial charge in [0.1, 0.15) is 22.8 Å². The number of hydrogen-bond acceptors (Lipinski definition) is 6. The van der Waals surface area contributed by atoms with E-state index in [0.29, 0.717) is 29.0 Å². The van der Waals surface area contributed by atoms with Crippen molar-refractivity contribution < 1.29 is 18.7 Å². The lowest BCUT2D eigenvalue weighted by atomic mass is 9.72. The number of rotatable bonds is 2. The van der Waals surface area contributed by atoms with Crippen molar-refractivity contribution in [1.29, 1.82) is 0 Å². The third-order valence-corrected chi connectivity index (χ3v) is 9.61. The van der Waals surface area contributed by atoms with Crippen molar-refractivity contribution in [1.82, 2.24) is 14.9 Å². The molecule has 0 bridgehead atoms. The number of fused-ring (bicyclic) bond motifs is 1. The van der Waals surface area contributed by atoms with Crippen LogP contribution in [0.1, 0.15) is 58.2 Å². The molecular formula is C25H31BrFIN4O3. The van der Waals surface area contributed by atoms with Crippen molar-refractivity contribution >= 4 is 61.3 Å². The van der Waals surface area contributed by atoms with Crippen LogP contribution in [0.15, 0.2) is 10.5 Å². The van der Waals surface area contributed by atoms with E-state index in [-0.39, 0.29) is 23.2 Å². The van der Waals surface area contributed by atoms with Gasteiger partial charge in [-0.2, -0.15) is 0 Å². The monoisotopic (exact) mass is 660 g/mol. The Morgan fingerprint density at radius 1 is 1.23 bits per heavy atom. The summed E-state index contributed by atoms with van der Waals surface area (Å²) in [6.07, 6.45) is 3.38. The number of benzene rings is 1. The molecule has 1 spiro atoms. The fraction of sp³-hybridized carbons (Fsp3) is 0.640. The maximum absolute atomic E-state index is 15.3. The van der Waals surface area contributed by atoms with E-state index in [4.69, 9.17) is 19.4 Å². The van der Waals surface area contributed by atoms with Gasteiger partial charge in [0.2, 0.25) is 0 Å². The second-order valence-corrected chi connectivity index (χ2v) is 13.0. The molecule has 3 fully saturated rings. The van der Waals surface area contributed by atoms with Crippen LogP contribution in [0.3, 0.4) is 0 Å². The van der Waals surface area contributed by atoms with Gasteiger partial charge in [0.05, 0.1) is 4.47 Å². The van der Waals surface area contributed by atoms with Gasteiger partial charge in [-0.25, -0.2) is 19.2 Å². The molecule has 1 aromatic heterocycles. The molecule has 0 aliphatic carbocycles. The zero-order valence-corrected chi connectivity index (χ0v) is 24.1. The molecular weight excluding hydrogens is 630 g/mol. The number of likely N-dealkylation sites (tertiary alicyclic amines) is 1. The predicted octanol–water partition coefficient (Wildman–Crippen LogP) is 5.87. The first-order valence-corrected chi connectivity index (χ1v) is 14.1. The first-order valence-electron chi connectivity index (χ1n) is 12.2. The molecule has 4 heterocycles. The molecule has 3 aliphatic heterocycles. The molecule has 0 N–H and O–H groups in total. The highest BCUT2D eigenvalue weighted by molar-refractivity contribution is 14.1. The molecule has 10 heteroatoms. The maximum atomic E-state index is 15.3. The van der Waals surface area contributed by atoms with Crippen molar-refractivity contribution in [2.24, 2.45) is 5.41 Å². The lowest BCUT2D eigenvalue weighted by molar-refractivity contribution is -0.0434. The largest absolute Gasteiger partial charge is 0.444 e. The number of halogens is 3. The molecule has 7 nitrogen and oxygen atoms in total. The van der Waals surface area contributed by atoms with E-state index >= 15 is 4.39 Å². The van der Waals surface area contributed by atoms with E-state index in [2.05, 4.69) is 43.4 Å². The number of anilines is 1. The van der Waals surface area contributed by atoms with Gasteiger partial charge in [-0.15, -0.1) is 0 Å². The Morgan fingerprint density at radius 2 is 1.89 bits per heavy atom. The predicted molar refractivity (Wildman–Crippen MR) is 144 cm³/mol. The minimum absolute atomic E-state index is 0.127. The highest BCUT2D eigenvalue weighted by atomic mass is 127. The zero-order valence-electron chi connectivity index (χ0n) is 20.4. The molecule has 190 valence electrons. The molecule has 0 radical (unpaired) electrons. The third kappa shape index (κ3) is 5.12. The Hall–Kier alpha value is -1.27. The van der Waals surface area contributed by atoms with E-state index in [9.17, 15) is 4.79 Å². The van der Waals surface area contributed by atoms with Crippen LogP contribution in [-0.4, -0.2) is 66.0 Å². The molecule has 0 saturated carbocycles. The van der Waals surface area contributed by atoms with Crippen LogP contribution in [0, 0.1) is 14.8 Å². The van der Waals surface area contributed by atoms with Gasteiger partial charge < -0.3 is 19.3 Å². The molecule has 3 saturated heterocycles. The summed E-state index contributed by atoms with van der Waals surface area (Å²) in [5.41, 5.74) is 0.0211. The SMILES string of the molecule is CC(C)(C)OC(=O)N1CC2(CCN(c3nc(C4CCOCC4)nc4c(F)c(Br)c(I)cc34)CC2)C1. The van der Waals surface area contributed by atoms with Crippen molar-refractivity contribution in [2.75, 3.05) is 44.3 Å². The van der Waals surface area contributed by atoms with Gasteiger partial charge in [-0.3, -0.25) is 0 Å². The zero-order chi connectivity index (χ0) is 25.0. The van der Waals surface area contributed by atoms with Crippen LogP contribution < -0.4 is 4.90 Å². The van der Waals surface area contributed by atoms with Gasteiger partial charge >= 0.3 is 6.09 Å². The third-order valence-electron chi connectivity index (χ3n) is 7.24. The molecule has 3 aliphatic rings. The van der Waals surface area contributed by atoms with Crippen LogP contribution in [0.5, 0.6) is 0 Å².